The van der Waals surface area contributed by atoms with E-state index in [2.05, 4.69) is 54.6 Å². The summed E-state index contributed by atoms with van der Waals surface area (Å²) < 4.78 is 0. The highest BCUT2D eigenvalue weighted by atomic mass is 14.4. The van der Waals surface area contributed by atoms with Crippen LogP contribution in [0.5, 0.6) is 0 Å². The van der Waals surface area contributed by atoms with E-state index in [1.54, 1.807) is 11.1 Å². The van der Waals surface area contributed by atoms with Crippen LogP contribution in [0.4, 0.5) is 0 Å². The standard InChI is InChI=1S/C20H12/c1-2-12-5-6-14-9-10-15-8-7-13-4-3-11(1)16-17(12)19(14)20(15)18(13)16/h1-9,19H,10H2. The molecule has 3 aliphatic rings. The van der Waals surface area contributed by atoms with Crippen LogP contribution in [-0.4, -0.2) is 0 Å². The molecule has 0 bridgehead atoms. The Morgan fingerprint density at radius 2 is 1.50 bits per heavy atom. The Morgan fingerprint density at radius 3 is 2.40 bits per heavy atom. The van der Waals surface area contributed by atoms with E-state index in [1.165, 1.54) is 38.2 Å². The largest absolute Gasteiger partial charge is 0.0759 e. The van der Waals surface area contributed by atoms with Gasteiger partial charge in [0.25, 0.3) is 0 Å². The van der Waals surface area contributed by atoms with Crippen LogP contribution in [0.25, 0.3) is 27.6 Å². The van der Waals surface area contributed by atoms with Crippen LogP contribution in [-0.2, 0) is 6.42 Å². The minimum atomic E-state index is 0.503. The first-order chi connectivity index (χ1) is 9.92. The summed E-state index contributed by atoms with van der Waals surface area (Å²) in [5.74, 6) is 0.503. The zero-order chi connectivity index (χ0) is 12.8. The van der Waals surface area contributed by atoms with Crippen molar-refractivity contribution in [2.45, 2.75) is 12.3 Å². The van der Waals surface area contributed by atoms with Gasteiger partial charge in [0.05, 0.1) is 0 Å². The van der Waals surface area contributed by atoms with Crippen molar-refractivity contribution in [1.29, 1.82) is 0 Å². The zero-order valence-electron chi connectivity index (χ0n) is 11.0. The van der Waals surface area contributed by atoms with E-state index < -0.39 is 0 Å². The van der Waals surface area contributed by atoms with Crippen molar-refractivity contribution in [2.24, 2.45) is 0 Å². The van der Waals surface area contributed by atoms with Crippen molar-refractivity contribution in [3.05, 3.63) is 76.4 Å². The third-order valence-electron chi connectivity index (χ3n) is 5.30. The average Bonchev–Trinajstić information content (AvgIpc) is 2.88. The SMILES string of the molecule is C1=Cc2ccc3ccc4ccc5c6c4c3c2C6C1=CC5. The second-order valence-electron chi connectivity index (χ2n) is 6.14. The number of benzene rings is 3. The molecule has 3 aromatic carbocycles. The molecule has 0 nitrogen and oxygen atoms in total. The van der Waals surface area contributed by atoms with E-state index in [0.717, 1.165) is 6.42 Å². The highest BCUT2D eigenvalue weighted by Crippen LogP contribution is 2.54. The Bertz CT molecular complexity index is 1020. The molecule has 3 aliphatic carbocycles. The Morgan fingerprint density at radius 1 is 0.750 bits per heavy atom. The van der Waals surface area contributed by atoms with E-state index in [4.69, 9.17) is 0 Å². The predicted molar refractivity (Wildman–Crippen MR) is 84.1 cm³/mol. The summed E-state index contributed by atoms with van der Waals surface area (Å²) >= 11 is 0. The van der Waals surface area contributed by atoms with Gasteiger partial charge in [-0.15, -0.1) is 0 Å². The topological polar surface area (TPSA) is 0 Å². The maximum absolute atomic E-state index is 2.42. The van der Waals surface area contributed by atoms with Gasteiger partial charge in [-0.05, 0) is 55.8 Å². The lowest BCUT2D eigenvalue weighted by molar-refractivity contribution is 0.937. The molecule has 92 valence electrons. The Hall–Kier alpha value is -2.34. The number of hydrogen-bond acceptors (Lipinski definition) is 0. The summed E-state index contributed by atoms with van der Waals surface area (Å²) in [5, 5.41) is 5.84. The molecule has 6 rings (SSSR count). The summed E-state index contributed by atoms with van der Waals surface area (Å²) in [7, 11) is 0. The van der Waals surface area contributed by atoms with E-state index in [-0.39, 0.29) is 0 Å². The molecule has 1 atom stereocenters. The van der Waals surface area contributed by atoms with Gasteiger partial charge >= 0.3 is 0 Å². The summed E-state index contributed by atoms with van der Waals surface area (Å²) in [6.07, 6.45) is 8.13. The zero-order valence-corrected chi connectivity index (χ0v) is 11.0. The molecule has 0 N–H and O–H groups in total. The maximum Gasteiger partial charge on any atom is 0.0358 e. The molecule has 0 heterocycles. The average molecular weight is 252 g/mol. The first-order valence-corrected chi connectivity index (χ1v) is 7.31. The minimum absolute atomic E-state index is 0.503. The van der Waals surface area contributed by atoms with Crippen molar-refractivity contribution in [3.8, 4) is 0 Å². The number of allylic oxidation sites excluding steroid dienone is 3. The fraction of sp³-hybridized carbons (Fsp3) is 0.100. The first-order valence-electron chi connectivity index (χ1n) is 7.31. The summed E-state index contributed by atoms with van der Waals surface area (Å²) in [4.78, 5) is 0. The van der Waals surface area contributed by atoms with E-state index in [9.17, 15) is 0 Å². The Labute approximate surface area is 117 Å². The van der Waals surface area contributed by atoms with Crippen LogP contribution < -0.4 is 0 Å². The smallest absolute Gasteiger partial charge is 0.0358 e. The van der Waals surface area contributed by atoms with Gasteiger partial charge in [0.1, 0.15) is 0 Å². The van der Waals surface area contributed by atoms with Gasteiger partial charge in [-0.1, -0.05) is 54.6 Å². The molecular weight excluding hydrogens is 240 g/mol. The van der Waals surface area contributed by atoms with Gasteiger partial charge in [0, 0.05) is 5.92 Å². The third kappa shape index (κ3) is 0.857. The summed E-state index contributed by atoms with van der Waals surface area (Å²) in [6, 6.07) is 13.8. The Kier molecular flexibility index (Phi) is 1.37. The maximum atomic E-state index is 2.42. The van der Waals surface area contributed by atoms with Crippen LogP contribution in [0.3, 0.4) is 0 Å². The molecule has 3 aromatic rings. The molecule has 20 heavy (non-hydrogen) atoms. The van der Waals surface area contributed by atoms with Crippen LogP contribution in [0, 0.1) is 0 Å². The monoisotopic (exact) mass is 252 g/mol. The van der Waals surface area contributed by atoms with Crippen LogP contribution >= 0.6 is 0 Å². The molecule has 0 saturated heterocycles. The molecule has 0 radical (unpaired) electrons. The highest BCUT2D eigenvalue weighted by Gasteiger charge is 2.35. The number of rotatable bonds is 0. The molecule has 0 spiro atoms. The van der Waals surface area contributed by atoms with E-state index in [1.807, 2.05) is 0 Å². The first kappa shape index (κ1) is 9.55. The van der Waals surface area contributed by atoms with Crippen LogP contribution in [0.15, 0.2) is 54.1 Å². The van der Waals surface area contributed by atoms with Crippen molar-refractivity contribution in [2.75, 3.05) is 0 Å². The quantitative estimate of drug-likeness (QED) is 0.497. The summed E-state index contributed by atoms with van der Waals surface area (Å²) in [6.45, 7) is 0. The van der Waals surface area contributed by atoms with Crippen molar-refractivity contribution in [1.82, 2.24) is 0 Å². The third-order valence-corrected chi connectivity index (χ3v) is 5.30. The van der Waals surface area contributed by atoms with Crippen LogP contribution in [0.2, 0.25) is 0 Å². The molecule has 0 amide bonds. The van der Waals surface area contributed by atoms with Crippen molar-refractivity contribution >= 4 is 27.6 Å². The molecule has 1 unspecified atom stereocenters. The van der Waals surface area contributed by atoms with Crippen molar-refractivity contribution in [3.63, 3.8) is 0 Å². The van der Waals surface area contributed by atoms with Crippen molar-refractivity contribution < 1.29 is 0 Å². The fourth-order valence-electron chi connectivity index (χ4n) is 4.49. The lowest BCUT2D eigenvalue weighted by Crippen LogP contribution is -2.11. The summed E-state index contributed by atoms with van der Waals surface area (Å²) in [5.41, 5.74) is 7.59. The van der Waals surface area contributed by atoms with E-state index in [0.29, 0.717) is 5.92 Å². The Balaban J connectivity index is 2.03. The lowest BCUT2D eigenvalue weighted by Gasteiger charge is -2.27. The van der Waals surface area contributed by atoms with Gasteiger partial charge in [-0.2, -0.15) is 0 Å². The normalized spacial score (nSPS) is 20.4. The molecule has 0 aliphatic heterocycles. The predicted octanol–water partition coefficient (Wildman–Crippen LogP) is 4.95. The van der Waals surface area contributed by atoms with Gasteiger partial charge in [-0.3, -0.25) is 0 Å². The molecule has 0 fully saturated rings. The minimum Gasteiger partial charge on any atom is -0.0759 e. The van der Waals surface area contributed by atoms with Gasteiger partial charge in [0.15, 0.2) is 0 Å². The van der Waals surface area contributed by atoms with Gasteiger partial charge < -0.3 is 0 Å². The lowest BCUT2D eigenvalue weighted by atomic mass is 9.76. The van der Waals surface area contributed by atoms with Gasteiger partial charge in [-0.25, -0.2) is 0 Å². The number of hydrogen-bond donors (Lipinski definition) is 0. The fourth-order valence-corrected chi connectivity index (χ4v) is 4.49. The van der Waals surface area contributed by atoms with Gasteiger partial charge in [0.2, 0.25) is 0 Å². The molecule has 0 heteroatoms. The van der Waals surface area contributed by atoms with E-state index >= 15 is 0 Å². The second-order valence-corrected chi connectivity index (χ2v) is 6.14. The second kappa shape index (κ2) is 2.88. The molecular formula is C20H12. The molecule has 0 aromatic heterocycles. The highest BCUT2D eigenvalue weighted by molar-refractivity contribution is 6.16. The van der Waals surface area contributed by atoms with Crippen LogP contribution in [0.1, 0.15) is 28.2 Å². The molecule has 0 saturated carbocycles.